The van der Waals surface area contributed by atoms with Gasteiger partial charge in [0.25, 0.3) is 0 Å². The lowest BCUT2D eigenvalue weighted by Crippen LogP contribution is -2.40. The normalized spacial score (nSPS) is 23.0. The molecule has 2 fully saturated rings. The number of hydrogen-bond acceptors (Lipinski definition) is 3. The van der Waals surface area contributed by atoms with E-state index in [2.05, 4.69) is 10.6 Å². The van der Waals surface area contributed by atoms with Crippen molar-refractivity contribution in [3.8, 4) is 5.75 Å². The van der Waals surface area contributed by atoms with E-state index in [4.69, 9.17) is 4.74 Å². The molecule has 3 amide bonds. The lowest BCUT2D eigenvalue weighted by molar-refractivity contribution is -0.125. The van der Waals surface area contributed by atoms with Gasteiger partial charge in [0, 0.05) is 31.6 Å². The molecule has 0 aromatic heterocycles. The van der Waals surface area contributed by atoms with Crippen LogP contribution in [0, 0.1) is 5.92 Å². The minimum Gasteiger partial charge on any atom is -0.496 e. The maximum absolute atomic E-state index is 12.7. The van der Waals surface area contributed by atoms with Crippen molar-refractivity contribution in [2.24, 2.45) is 5.92 Å². The van der Waals surface area contributed by atoms with E-state index in [0.717, 1.165) is 24.2 Å². The number of methoxy groups -OCH3 is 1. The fraction of sp³-hybridized carbons (Fsp3) is 0.556. The summed E-state index contributed by atoms with van der Waals surface area (Å²) >= 11 is 0. The third-order valence-electron chi connectivity index (χ3n) is 4.73. The summed E-state index contributed by atoms with van der Waals surface area (Å²) in [5.74, 6) is 0.511. The quantitative estimate of drug-likeness (QED) is 0.863. The standard InChI is InChI=1S/C18H25N3O3/c1-3-19-18(23)21-10-14(13-6-4-5-7-16(13)24-2)15(11-21)17(22)20-12-8-9-12/h4-7,12,14-15H,3,8-11H2,1-2H3,(H,19,23)(H,20,22)/t14-,15+/m1/s1. The van der Waals surface area contributed by atoms with E-state index in [0.29, 0.717) is 25.7 Å². The number of benzene rings is 1. The van der Waals surface area contributed by atoms with E-state index in [1.54, 1.807) is 12.0 Å². The van der Waals surface area contributed by atoms with Crippen LogP contribution >= 0.6 is 0 Å². The Kier molecular flexibility index (Phi) is 4.92. The summed E-state index contributed by atoms with van der Waals surface area (Å²) in [6, 6.07) is 7.95. The Morgan fingerprint density at radius 2 is 2.00 bits per heavy atom. The second-order valence-corrected chi connectivity index (χ2v) is 6.48. The van der Waals surface area contributed by atoms with Crippen LogP contribution in [-0.4, -0.2) is 49.6 Å². The zero-order chi connectivity index (χ0) is 17.1. The number of carbonyl (C=O) groups is 2. The highest BCUT2D eigenvalue weighted by Gasteiger charge is 2.42. The molecule has 24 heavy (non-hydrogen) atoms. The summed E-state index contributed by atoms with van der Waals surface area (Å²) in [4.78, 5) is 26.7. The molecule has 1 saturated carbocycles. The molecule has 1 aromatic carbocycles. The first kappa shape index (κ1) is 16.6. The first-order valence-electron chi connectivity index (χ1n) is 8.60. The highest BCUT2D eigenvalue weighted by atomic mass is 16.5. The van der Waals surface area contributed by atoms with Crippen LogP contribution in [0.4, 0.5) is 4.79 Å². The number of carbonyl (C=O) groups excluding carboxylic acids is 2. The van der Waals surface area contributed by atoms with Crippen molar-refractivity contribution in [1.82, 2.24) is 15.5 Å². The molecule has 6 nitrogen and oxygen atoms in total. The van der Waals surface area contributed by atoms with E-state index in [1.807, 2.05) is 31.2 Å². The molecule has 0 radical (unpaired) electrons. The lowest BCUT2D eigenvalue weighted by atomic mass is 9.87. The van der Waals surface area contributed by atoms with E-state index >= 15 is 0 Å². The van der Waals surface area contributed by atoms with Crippen molar-refractivity contribution < 1.29 is 14.3 Å². The summed E-state index contributed by atoms with van der Waals surface area (Å²) < 4.78 is 5.47. The number of amides is 3. The summed E-state index contributed by atoms with van der Waals surface area (Å²) in [6.07, 6.45) is 2.11. The number of nitrogens with one attached hydrogen (secondary N) is 2. The van der Waals surface area contributed by atoms with Gasteiger partial charge >= 0.3 is 6.03 Å². The minimum atomic E-state index is -0.246. The highest BCUT2D eigenvalue weighted by molar-refractivity contribution is 5.83. The van der Waals surface area contributed by atoms with Gasteiger partial charge in [-0.3, -0.25) is 4.79 Å². The molecule has 130 valence electrons. The van der Waals surface area contributed by atoms with E-state index in [-0.39, 0.29) is 23.8 Å². The molecule has 1 heterocycles. The number of urea groups is 1. The number of hydrogen-bond donors (Lipinski definition) is 2. The predicted octanol–water partition coefficient (Wildman–Crippen LogP) is 1.72. The first-order valence-corrected chi connectivity index (χ1v) is 8.60. The molecule has 1 saturated heterocycles. The van der Waals surface area contributed by atoms with E-state index < -0.39 is 0 Å². The molecule has 1 aromatic rings. The SMILES string of the molecule is CCNC(=O)N1C[C@H](C(=O)NC2CC2)[C@@H](c2ccccc2OC)C1. The van der Waals surface area contributed by atoms with E-state index in [9.17, 15) is 9.59 Å². The molecule has 1 aliphatic carbocycles. The van der Waals surface area contributed by atoms with Gasteiger partial charge in [-0.05, 0) is 31.4 Å². The Labute approximate surface area is 142 Å². The Morgan fingerprint density at radius 3 is 2.67 bits per heavy atom. The number of ether oxygens (including phenoxy) is 1. The van der Waals surface area contributed by atoms with Gasteiger partial charge in [0.15, 0.2) is 0 Å². The average molecular weight is 331 g/mol. The van der Waals surface area contributed by atoms with Crippen LogP contribution in [0.2, 0.25) is 0 Å². The number of para-hydroxylation sites is 1. The van der Waals surface area contributed by atoms with Gasteiger partial charge in [0.1, 0.15) is 5.75 Å². The van der Waals surface area contributed by atoms with Crippen LogP contribution in [0.5, 0.6) is 5.75 Å². The smallest absolute Gasteiger partial charge is 0.317 e. The zero-order valence-electron chi connectivity index (χ0n) is 14.2. The molecule has 3 rings (SSSR count). The average Bonchev–Trinajstić information content (AvgIpc) is 3.29. The fourth-order valence-corrected chi connectivity index (χ4v) is 3.32. The summed E-state index contributed by atoms with van der Waals surface area (Å²) in [5.41, 5.74) is 0.989. The molecule has 2 atom stereocenters. The highest BCUT2D eigenvalue weighted by Crippen LogP contribution is 2.38. The fourth-order valence-electron chi connectivity index (χ4n) is 3.32. The van der Waals surface area contributed by atoms with Crippen molar-refractivity contribution in [3.05, 3.63) is 29.8 Å². The van der Waals surface area contributed by atoms with Crippen LogP contribution in [-0.2, 0) is 4.79 Å². The summed E-state index contributed by atoms with van der Waals surface area (Å²) in [6.45, 7) is 3.43. The third kappa shape index (κ3) is 3.47. The summed E-state index contributed by atoms with van der Waals surface area (Å²) in [7, 11) is 1.63. The topological polar surface area (TPSA) is 70.7 Å². The Hall–Kier alpha value is -2.24. The molecule has 0 unspecified atom stereocenters. The Balaban J connectivity index is 1.84. The van der Waals surface area contributed by atoms with Gasteiger partial charge in [-0.1, -0.05) is 18.2 Å². The molecule has 6 heteroatoms. The largest absolute Gasteiger partial charge is 0.496 e. The molecule has 0 spiro atoms. The Morgan fingerprint density at radius 1 is 1.25 bits per heavy atom. The van der Waals surface area contributed by atoms with E-state index in [1.165, 1.54) is 0 Å². The van der Waals surface area contributed by atoms with Crippen LogP contribution in [0.25, 0.3) is 0 Å². The molecule has 0 bridgehead atoms. The van der Waals surface area contributed by atoms with Gasteiger partial charge in [-0.25, -0.2) is 4.79 Å². The number of rotatable bonds is 5. The lowest BCUT2D eigenvalue weighted by Gasteiger charge is -2.20. The van der Waals surface area contributed by atoms with Gasteiger partial charge < -0.3 is 20.3 Å². The second-order valence-electron chi connectivity index (χ2n) is 6.48. The summed E-state index contributed by atoms with van der Waals surface area (Å²) in [5, 5.41) is 5.91. The van der Waals surface area contributed by atoms with Crippen molar-refractivity contribution in [2.45, 2.75) is 31.7 Å². The number of likely N-dealkylation sites (tertiary alicyclic amines) is 1. The van der Waals surface area contributed by atoms with Crippen molar-refractivity contribution in [2.75, 3.05) is 26.7 Å². The third-order valence-corrected chi connectivity index (χ3v) is 4.73. The van der Waals surface area contributed by atoms with Gasteiger partial charge in [0.2, 0.25) is 5.91 Å². The van der Waals surface area contributed by atoms with Gasteiger partial charge in [0.05, 0.1) is 13.0 Å². The van der Waals surface area contributed by atoms with Gasteiger partial charge in [-0.2, -0.15) is 0 Å². The molecule has 2 aliphatic rings. The molecular formula is C18H25N3O3. The van der Waals surface area contributed by atoms with Crippen LogP contribution in [0.1, 0.15) is 31.2 Å². The Bertz CT molecular complexity index is 615. The zero-order valence-corrected chi connectivity index (χ0v) is 14.2. The number of nitrogens with zero attached hydrogens (tertiary/aromatic N) is 1. The maximum atomic E-state index is 12.7. The second kappa shape index (κ2) is 7.11. The van der Waals surface area contributed by atoms with Crippen LogP contribution in [0.3, 0.4) is 0 Å². The van der Waals surface area contributed by atoms with Crippen molar-refractivity contribution in [1.29, 1.82) is 0 Å². The van der Waals surface area contributed by atoms with Crippen molar-refractivity contribution >= 4 is 11.9 Å². The minimum absolute atomic E-state index is 0.0419. The van der Waals surface area contributed by atoms with Gasteiger partial charge in [-0.15, -0.1) is 0 Å². The maximum Gasteiger partial charge on any atom is 0.317 e. The monoisotopic (exact) mass is 331 g/mol. The first-order chi connectivity index (χ1) is 11.6. The van der Waals surface area contributed by atoms with Crippen LogP contribution in [0.15, 0.2) is 24.3 Å². The molecule has 2 N–H and O–H groups in total. The molecular weight excluding hydrogens is 306 g/mol. The van der Waals surface area contributed by atoms with Crippen molar-refractivity contribution in [3.63, 3.8) is 0 Å². The van der Waals surface area contributed by atoms with Crippen LogP contribution < -0.4 is 15.4 Å². The predicted molar refractivity (Wildman–Crippen MR) is 91.0 cm³/mol. The molecule has 1 aliphatic heterocycles.